The van der Waals surface area contributed by atoms with Crippen LogP contribution in [-0.4, -0.2) is 60.1 Å². The molecule has 0 bridgehead atoms. The molecule has 1 amide bonds. The normalized spacial score (nSPS) is 24.0. The van der Waals surface area contributed by atoms with Crippen LogP contribution in [0.25, 0.3) is 0 Å². The molecule has 3 unspecified atom stereocenters. The number of hydrogen-bond acceptors (Lipinski definition) is 6. The number of esters is 2. The van der Waals surface area contributed by atoms with Crippen molar-refractivity contribution in [3.8, 4) is 0 Å². The topological polar surface area (TPSA) is 84.9 Å². The third-order valence-corrected chi connectivity index (χ3v) is 6.86. The van der Waals surface area contributed by atoms with Crippen LogP contribution < -0.4 is 5.32 Å². The number of carbonyl (C=O) groups is 3. The lowest BCUT2D eigenvalue weighted by molar-refractivity contribution is -0.155. The number of nitrogens with one attached hydrogen (secondary N) is 1. The number of benzene rings is 1. The Morgan fingerprint density at radius 2 is 1.76 bits per heavy atom. The first kappa shape index (κ1) is 25.2. The first-order valence-corrected chi connectivity index (χ1v) is 12.4. The number of amides is 1. The van der Waals surface area contributed by atoms with E-state index in [4.69, 9.17) is 9.47 Å². The van der Waals surface area contributed by atoms with Crippen LogP contribution in [0, 0.1) is 5.92 Å². The first-order chi connectivity index (χ1) is 16.0. The zero-order chi connectivity index (χ0) is 23.8. The maximum absolute atomic E-state index is 13.6. The summed E-state index contributed by atoms with van der Waals surface area (Å²) in [4.78, 5) is 40.7. The summed E-state index contributed by atoms with van der Waals surface area (Å²) in [5, 5.41) is 3.22. The number of nitrogens with zero attached hydrogens (tertiary/aromatic N) is 1. The minimum absolute atomic E-state index is 0.0651. The smallest absolute Gasteiger partial charge is 0.328 e. The molecule has 7 heteroatoms. The van der Waals surface area contributed by atoms with Gasteiger partial charge in [-0.2, -0.15) is 0 Å². The minimum atomic E-state index is -0.618. The van der Waals surface area contributed by atoms with Crippen molar-refractivity contribution in [2.24, 2.45) is 5.92 Å². The predicted octanol–water partition coefficient (Wildman–Crippen LogP) is 3.25. The van der Waals surface area contributed by atoms with Crippen LogP contribution in [0.3, 0.4) is 0 Å². The summed E-state index contributed by atoms with van der Waals surface area (Å²) in [7, 11) is 0. The molecule has 5 atom stereocenters. The van der Waals surface area contributed by atoms with E-state index in [1.807, 2.05) is 30.3 Å². The molecule has 182 valence electrons. The molecule has 33 heavy (non-hydrogen) atoms. The molecule has 1 aliphatic carbocycles. The van der Waals surface area contributed by atoms with Crippen LogP contribution in [0.4, 0.5) is 0 Å². The van der Waals surface area contributed by atoms with Crippen molar-refractivity contribution in [2.75, 3.05) is 13.2 Å². The van der Waals surface area contributed by atoms with E-state index in [1.54, 1.807) is 25.7 Å². The summed E-state index contributed by atoms with van der Waals surface area (Å²) in [6.45, 7) is 5.91. The summed E-state index contributed by atoms with van der Waals surface area (Å²) in [6, 6.07) is 8.25. The first-order valence-electron chi connectivity index (χ1n) is 12.4. The quantitative estimate of drug-likeness (QED) is 0.542. The molecule has 2 fully saturated rings. The highest BCUT2D eigenvalue weighted by Crippen LogP contribution is 2.40. The van der Waals surface area contributed by atoms with Gasteiger partial charge in [-0.15, -0.1) is 0 Å². The van der Waals surface area contributed by atoms with Crippen LogP contribution in [0.15, 0.2) is 30.3 Å². The van der Waals surface area contributed by atoms with E-state index in [0.717, 1.165) is 31.2 Å². The van der Waals surface area contributed by atoms with Gasteiger partial charge in [-0.3, -0.25) is 14.9 Å². The van der Waals surface area contributed by atoms with E-state index in [-0.39, 0.29) is 30.5 Å². The van der Waals surface area contributed by atoms with Crippen LogP contribution in [0.2, 0.25) is 0 Å². The van der Waals surface area contributed by atoms with E-state index >= 15 is 0 Å². The summed E-state index contributed by atoms with van der Waals surface area (Å²) in [6.07, 6.45) is 6.02. The van der Waals surface area contributed by atoms with Gasteiger partial charge in [0, 0.05) is 6.04 Å². The Labute approximate surface area is 197 Å². The molecule has 3 rings (SSSR count). The monoisotopic (exact) mass is 458 g/mol. The molecule has 1 aromatic rings. The van der Waals surface area contributed by atoms with Gasteiger partial charge in [-0.1, -0.05) is 43.2 Å². The van der Waals surface area contributed by atoms with Gasteiger partial charge in [0.15, 0.2) is 0 Å². The Balaban J connectivity index is 1.72. The summed E-state index contributed by atoms with van der Waals surface area (Å²) >= 11 is 0. The maximum Gasteiger partial charge on any atom is 0.328 e. The van der Waals surface area contributed by atoms with Crippen LogP contribution in [-0.2, 0) is 30.3 Å². The standard InChI is InChI=1S/C26H38N2O5/c1-4-32-25(30)21(16-15-19-11-7-6-8-12-19)27-18(3)24(29)28-22-14-10-9-13-20(22)17-23(28)26(31)33-5-2/h6-8,11-12,18,20-23,27H,4-5,9-10,13-17H2,1-3H3/t18-,20?,21-,22?,23?/m0/s1. The second kappa shape index (κ2) is 12.2. The maximum atomic E-state index is 13.6. The van der Waals surface area contributed by atoms with Crippen molar-refractivity contribution in [1.82, 2.24) is 10.2 Å². The number of hydrogen-bond donors (Lipinski definition) is 1. The average Bonchev–Trinajstić information content (AvgIpc) is 3.21. The fraction of sp³-hybridized carbons (Fsp3) is 0.654. The largest absolute Gasteiger partial charge is 0.465 e. The van der Waals surface area contributed by atoms with Crippen LogP contribution >= 0.6 is 0 Å². The third-order valence-electron chi connectivity index (χ3n) is 6.86. The van der Waals surface area contributed by atoms with E-state index in [0.29, 0.717) is 31.8 Å². The Kier molecular flexibility index (Phi) is 9.30. The van der Waals surface area contributed by atoms with E-state index in [9.17, 15) is 14.4 Å². The Hall–Kier alpha value is -2.41. The van der Waals surface area contributed by atoms with Gasteiger partial charge in [0.1, 0.15) is 12.1 Å². The molecule has 0 aromatic heterocycles. The van der Waals surface area contributed by atoms with Crippen molar-refractivity contribution in [2.45, 2.75) is 89.9 Å². The van der Waals surface area contributed by atoms with Gasteiger partial charge >= 0.3 is 11.9 Å². The molecule has 1 aromatic carbocycles. The average molecular weight is 459 g/mol. The number of aryl methyl sites for hydroxylation is 1. The van der Waals surface area contributed by atoms with Crippen molar-refractivity contribution < 1.29 is 23.9 Å². The van der Waals surface area contributed by atoms with Crippen molar-refractivity contribution in [3.63, 3.8) is 0 Å². The molecule has 1 heterocycles. The molecule has 0 radical (unpaired) electrons. The molecule has 2 aliphatic rings. The molecule has 0 spiro atoms. The number of ether oxygens (including phenoxy) is 2. The predicted molar refractivity (Wildman–Crippen MR) is 125 cm³/mol. The van der Waals surface area contributed by atoms with Gasteiger partial charge in [0.25, 0.3) is 0 Å². The van der Waals surface area contributed by atoms with Crippen molar-refractivity contribution in [1.29, 1.82) is 0 Å². The number of carbonyl (C=O) groups excluding carboxylic acids is 3. The van der Waals surface area contributed by atoms with E-state index < -0.39 is 18.1 Å². The second-order valence-corrected chi connectivity index (χ2v) is 9.08. The zero-order valence-electron chi connectivity index (χ0n) is 20.1. The Morgan fingerprint density at radius 3 is 2.45 bits per heavy atom. The lowest BCUT2D eigenvalue weighted by atomic mass is 9.84. The molecule has 1 saturated heterocycles. The zero-order valence-corrected chi connectivity index (χ0v) is 20.1. The minimum Gasteiger partial charge on any atom is -0.465 e. The highest BCUT2D eigenvalue weighted by atomic mass is 16.5. The van der Waals surface area contributed by atoms with Gasteiger partial charge in [0.2, 0.25) is 5.91 Å². The SMILES string of the molecule is CCOC(=O)C1CC2CCCCC2N1C(=O)[C@H](C)N[C@@H](CCc1ccccc1)C(=O)OCC. The van der Waals surface area contributed by atoms with E-state index in [1.165, 1.54) is 0 Å². The molecular weight excluding hydrogens is 420 g/mol. The lowest BCUT2D eigenvalue weighted by Crippen LogP contribution is -2.56. The summed E-state index contributed by atoms with van der Waals surface area (Å²) in [5.74, 6) is -0.481. The summed E-state index contributed by atoms with van der Waals surface area (Å²) < 4.78 is 10.6. The fourth-order valence-corrected chi connectivity index (χ4v) is 5.29. The van der Waals surface area contributed by atoms with Gasteiger partial charge in [-0.25, -0.2) is 4.79 Å². The van der Waals surface area contributed by atoms with Gasteiger partial charge in [0.05, 0.1) is 19.3 Å². The molecule has 1 saturated carbocycles. The van der Waals surface area contributed by atoms with Crippen molar-refractivity contribution >= 4 is 17.8 Å². The second-order valence-electron chi connectivity index (χ2n) is 9.08. The highest BCUT2D eigenvalue weighted by molar-refractivity contribution is 5.89. The number of rotatable bonds is 10. The molecule has 1 aliphatic heterocycles. The summed E-state index contributed by atoms with van der Waals surface area (Å²) in [5.41, 5.74) is 1.12. The van der Waals surface area contributed by atoms with Crippen LogP contribution in [0.5, 0.6) is 0 Å². The fourth-order valence-electron chi connectivity index (χ4n) is 5.29. The molecular formula is C26H38N2O5. The Morgan fingerprint density at radius 1 is 1.06 bits per heavy atom. The molecule has 1 N–H and O–H groups in total. The van der Waals surface area contributed by atoms with Crippen LogP contribution in [0.1, 0.15) is 64.9 Å². The Bertz CT molecular complexity index is 799. The van der Waals surface area contributed by atoms with Gasteiger partial charge < -0.3 is 14.4 Å². The van der Waals surface area contributed by atoms with E-state index in [2.05, 4.69) is 5.32 Å². The van der Waals surface area contributed by atoms with Crippen molar-refractivity contribution in [3.05, 3.63) is 35.9 Å². The lowest BCUT2D eigenvalue weighted by Gasteiger charge is -2.35. The molecule has 7 nitrogen and oxygen atoms in total. The number of fused-ring (bicyclic) bond motifs is 1. The number of likely N-dealkylation sites (tertiary alicyclic amines) is 1. The highest BCUT2D eigenvalue weighted by Gasteiger charge is 2.49. The third kappa shape index (κ3) is 6.34. The van der Waals surface area contributed by atoms with Gasteiger partial charge in [-0.05, 0) is 64.4 Å².